The molecule has 0 amide bonds. The zero-order valence-electron chi connectivity index (χ0n) is 12.8. The van der Waals surface area contributed by atoms with Gasteiger partial charge in [-0.05, 0) is 41.5 Å². The minimum absolute atomic E-state index is 0.0110. The highest BCUT2D eigenvalue weighted by Crippen LogP contribution is 2.71. The largest absolute Gasteiger partial charge is 0.549 e. The van der Waals surface area contributed by atoms with Gasteiger partial charge in [-0.2, -0.15) is 8.78 Å². The van der Waals surface area contributed by atoms with E-state index in [2.05, 4.69) is 4.74 Å². The van der Waals surface area contributed by atoms with Crippen molar-refractivity contribution in [3.63, 3.8) is 0 Å². The summed E-state index contributed by atoms with van der Waals surface area (Å²) in [6.45, 7) is 0.483. The number of carboxylic acids is 1. The van der Waals surface area contributed by atoms with Crippen molar-refractivity contribution in [3.8, 4) is 5.75 Å². The number of benzene rings is 1. The molecule has 2 rings (SSSR count). The molecule has 0 N–H and O–H groups in total. The van der Waals surface area contributed by atoms with E-state index in [4.69, 9.17) is 34.8 Å². The van der Waals surface area contributed by atoms with E-state index >= 15 is 0 Å². The summed E-state index contributed by atoms with van der Waals surface area (Å²) in [6.07, 6.45) is 1.51. The first kappa shape index (κ1) is 19.3. The van der Waals surface area contributed by atoms with Gasteiger partial charge >= 0.3 is 6.61 Å². The second-order valence-corrected chi connectivity index (χ2v) is 7.65. The van der Waals surface area contributed by atoms with Crippen molar-refractivity contribution < 1.29 is 23.4 Å². The quantitative estimate of drug-likeness (QED) is 0.722. The molecule has 1 aromatic carbocycles. The van der Waals surface area contributed by atoms with E-state index in [-0.39, 0.29) is 21.7 Å². The van der Waals surface area contributed by atoms with Crippen molar-refractivity contribution in [3.05, 3.63) is 39.4 Å². The lowest BCUT2D eigenvalue weighted by Gasteiger charge is -2.22. The molecule has 0 aliphatic heterocycles. The van der Waals surface area contributed by atoms with Gasteiger partial charge in [-0.15, -0.1) is 0 Å². The molecule has 2 atom stereocenters. The molecule has 0 saturated heterocycles. The Bertz CT molecular complexity index is 687. The monoisotopic (exact) mass is 397 g/mol. The Morgan fingerprint density at radius 3 is 2.54 bits per heavy atom. The molecule has 1 aliphatic rings. The van der Waals surface area contributed by atoms with E-state index in [1.807, 2.05) is 0 Å². The molecule has 1 fully saturated rings. The number of hydrogen-bond donors (Lipinski definition) is 0. The zero-order chi connectivity index (χ0) is 18.3. The molecule has 0 bridgehead atoms. The lowest BCUT2D eigenvalue weighted by atomic mass is 9.88. The third-order valence-corrected chi connectivity index (χ3v) is 5.29. The summed E-state index contributed by atoms with van der Waals surface area (Å²) in [7, 11) is 0. The highest BCUT2D eigenvalue weighted by Gasteiger charge is 2.70. The molecule has 1 aromatic rings. The molecule has 1 aliphatic carbocycles. The normalized spacial score (nSPS) is 24.6. The van der Waals surface area contributed by atoms with Gasteiger partial charge in [0.15, 0.2) is 0 Å². The number of halogens is 5. The van der Waals surface area contributed by atoms with Gasteiger partial charge in [-0.3, -0.25) is 0 Å². The second kappa shape index (κ2) is 6.70. The molecule has 3 nitrogen and oxygen atoms in total. The fourth-order valence-corrected chi connectivity index (χ4v) is 3.75. The number of carbonyl (C=O) groups is 1. The maximum atomic E-state index is 12.4. The number of carbonyl (C=O) groups excluding carboxylic acids is 1. The maximum Gasteiger partial charge on any atom is 0.387 e. The fraction of sp³-hybridized carbons (Fsp3) is 0.438. The van der Waals surface area contributed by atoms with Crippen LogP contribution in [0.25, 0.3) is 0 Å². The summed E-state index contributed by atoms with van der Waals surface area (Å²) in [5, 5.41) is 11.8. The number of allylic oxidation sites excluding steroid dienone is 1. The summed E-state index contributed by atoms with van der Waals surface area (Å²) in [4.78, 5) is 11.8. The van der Waals surface area contributed by atoms with E-state index in [0.29, 0.717) is 5.56 Å². The van der Waals surface area contributed by atoms with E-state index in [9.17, 15) is 18.7 Å². The van der Waals surface area contributed by atoms with Crippen LogP contribution in [0.5, 0.6) is 5.75 Å². The van der Waals surface area contributed by atoms with Crippen molar-refractivity contribution in [1.82, 2.24) is 0 Å². The van der Waals surface area contributed by atoms with Crippen molar-refractivity contribution in [2.24, 2.45) is 16.7 Å². The van der Waals surface area contributed by atoms with Crippen molar-refractivity contribution in [2.45, 2.75) is 26.9 Å². The Hall–Kier alpha value is -1.04. The van der Waals surface area contributed by atoms with Crippen LogP contribution in [0.1, 0.15) is 19.4 Å². The predicted molar refractivity (Wildman–Crippen MR) is 86.3 cm³/mol. The van der Waals surface area contributed by atoms with Crippen LogP contribution in [-0.4, -0.2) is 12.6 Å². The molecule has 132 valence electrons. The average Bonchev–Trinajstić information content (AvgIpc) is 2.89. The van der Waals surface area contributed by atoms with Gasteiger partial charge in [-0.1, -0.05) is 54.7 Å². The van der Waals surface area contributed by atoms with E-state index in [0.717, 1.165) is 0 Å². The lowest BCUT2D eigenvalue weighted by Crippen LogP contribution is -2.38. The van der Waals surface area contributed by atoms with Gasteiger partial charge in [0.25, 0.3) is 0 Å². The van der Waals surface area contributed by atoms with Gasteiger partial charge in [-0.25, -0.2) is 0 Å². The number of aliphatic carboxylic acids is 1. The summed E-state index contributed by atoms with van der Waals surface area (Å²) in [5.41, 5.74) is -1.43. The van der Waals surface area contributed by atoms with Crippen LogP contribution < -0.4 is 9.84 Å². The summed E-state index contributed by atoms with van der Waals surface area (Å²) < 4.78 is 29.1. The van der Waals surface area contributed by atoms with E-state index in [1.165, 1.54) is 18.2 Å². The third kappa shape index (κ3) is 3.35. The van der Waals surface area contributed by atoms with Crippen LogP contribution in [0.4, 0.5) is 8.78 Å². The Labute approximate surface area is 153 Å². The van der Waals surface area contributed by atoms with Gasteiger partial charge in [0.05, 0.1) is 5.02 Å². The predicted octanol–water partition coefficient (Wildman–Crippen LogP) is 4.20. The first-order valence-electron chi connectivity index (χ1n) is 7.00. The topological polar surface area (TPSA) is 49.4 Å². The van der Waals surface area contributed by atoms with Gasteiger partial charge in [0.1, 0.15) is 10.2 Å². The first-order valence-corrected chi connectivity index (χ1v) is 8.13. The highest BCUT2D eigenvalue weighted by molar-refractivity contribution is 6.55. The third-order valence-electron chi connectivity index (χ3n) is 4.73. The number of alkyl halides is 2. The van der Waals surface area contributed by atoms with E-state index < -0.39 is 29.3 Å². The van der Waals surface area contributed by atoms with Crippen LogP contribution in [0.2, 0.25) is 5.02 Å². The van der Waals surface area contributed by atoms with Crippen LogP contribution in [0, 0.1) is 16.7 Å². The number of hydrogen-bond acceptors (Lipinski definition) is 3. The minimum Gasteiger partial charge on any atom is -0.549 e. The standard InChI is InChI=1S/C16H15Cl3F2O3/c1-15(2)11(6-12(18)19)16(15,13(22)23)7-8-3-4-9(17)10(5-8)24-14(20)21/h3-6,11,14H,7H2,1-2H3,(H,22,23)/p-1. The molecule has 8 heteroatoms. The average molecular weight is 399 g/mol. The Morgan fingerprint density at radius 2 is 2.04 bits per heavy atom. The molecular formula is C16H14Cl3F2O3-. The summed E-state index contributed by atoms with van der Waals surface area (Å²) >= 11 is 17.2. The Balaban J connectivity index is 2.37. The van der Waals surface area contributed by atoms with Gasteiger partial charge < -0.3 is 14.6 Å². The summed E-state index contributed by atoms with van der Waals surface area (Å²) in [5.74, 6) is -1.91. The lowest BCUT2D eigenvalue weighted by molar-refractivity contribution is -0.315. The minimum atomic E-state index is -3.03. The molecular weight excluding hydrogens is 385 g/mol. The van der Waals surface area contributed by atoms with Gasteiger partial charge in [0, 0.05) is 11.4 Å². The van der Waals surface area contributed by atoms with E-state index in [1.54, 1.807) is 19.9 Å². The first-order chi connectivity index (χ1) is 11.0. The van der Waals surface area contributed by atoms with Crippen LogP contribution in [-0.2, 0) is 11.2 Å². The molecule has 0 heterocycles. The number of carboxylic acid groups (broad SMARTS) is 1. The molecule has 1 saturated carbocycles. The van der Waals surface area contributed by atoms with Crippen molar-refractivity contribution in [2.75, 3.05) is 0 Å². The van der Waals surface area contributed by atoms with Crippen molar-refractivity contribution >= 4 is 40.8 Å². The smallest absolute Gasteiger partial charge is 0.387 e. The van der Waals surface area contributed by atoms with Gasteiger partial charge in [0.2, 0.25) is 0 Å². The van der Waals surface area contributed by atoms with Crippen LogP contribution in [0.15, 0.2) is 28.8 Å². The Morgan fingerprint density at radius 1 is 1.42 bits per heavy atom. The summed E-state index contributed by atoms with van der Waals surface area (Å²) in [6, 6.07) is 4.24. The highest BCUT2D eigenvalue weighted by atomic mass is 35.5. The fourth-order valence-electron chi connectivity index (χ4n) is 3.34. The molecule has 24 heavy (non-hydrogen) atoms. The number of rotatable bonds is 6. The van der Waals surface area contributed by atoms with Crippen LogP contribution >= 0.6 is 34.8 Å². The maximum absolute atomic E-state index is 12.4. The second-order valence-electron chi connectivity index (χ2n) is 6.23. The molecule has 2 unspecified atom stereocenters. The Kier molecular flexibility index (Phi) is 5.38. The zero-order valence-corrected chi connectivity index (χ0v) is 15.1. The number of ether oxygens (including phenoxy) is 1. The van der Waals surface area contributed by atoms with Crippen LogP contribution in [0.3, 0.4) is 0 Å². The molecule has 0 spiro atoms. The molecule has 0 radical (unpaired) electrons. The molecule has 0 aromatic heterocycles. The SMILES string of the molecule is CC1(C)C(C=C(Cl)Cl)C1(Cc1ccc(Cl)c(OC(F)F)c1)C(=O)[O-]. The van der Waals surface area contributed by atoms with Crippen molar-refractivity contribution in [1.29, 1.82) is 0 Å².